The molecule has 0 radical (unpaired) electrons. The van der Waals surface area contributed by atoms with E-state index in [2.05, 4.69) is 560 Å². The monoisotopic (exact) mass is 1610 g/mol. The molecule has 0 fully saturated rings. The predicted molar refractivity (Wildman–Crippen MR) is 535 cm³/mol. The Morgan fingerprint density at radius 1 is 0.120 bits per heavy atom. The molecule has 0 unspecified atom stereocenters. The first kappa shape index (κ1) is 79.8. The first-order valence-corrected chi connectivity index (χ1v) is 42.6. The summed E-state index contributed by atoms with van der Waals surface area (Å²) < 4.78 is 0. The van der Waals surface area contributed by atoms with Crippen molar-refractivity contribution in [2.24, 2.45) is 0 Å². The normalized spacial score (nSPS) is 10.8. The summed E-state index contributed by atoms with van der Waals surface area (Å²) in [5, 5.41) is 4.98. The van der Waals surface area contributed by atoms with Gasteiger partial charge < -0.3 is 29.4 Å². The summed E-state index contributed by atoms with van der Waals surface area (Å²) in [5.41, 5.74) is 31.3. The summed E-state index contributed by atoms with van der Waals surface area (Å²) in [6.45, 7) is 0. The number of fused-ring (bicyclic) bond motifs is 2. The summed E-state index contributed by atoms with van der Waals surface area (Å²) in [4.78, 5) is 13.7. The topological polar surface area (TPSA) is 19.4 Å². The van der Waals surface area contributed by atoms with Crippen LogP contribution in [0.2, 0.25) is 0 Å². The van der Waals surface area contributed by atoms with Gasteiger partial charge in [-0.25, -0.2) is 0 Å². The Bertz CT molecular complexity index is 6680. The fourth-order valence-corrected chi connectivity index (χ4v) is 16.5. The molecule has 0 amide bonds. The van der Waals surface area contributed by atoms with Crippen molar-refractivity contribution >= 4 is 107 Å². The smallest absolute Gasteiger partial charge is 0.0487 e. The molecule has 125 heavy (non-hydrogen) atoms. The lowest BCUT2D eigenvalue weighted by atomic mass is 10.0. The van der Waals surface area contributed by atoms with Crippen molar-refractivity contribution in [2.75, 3.05) is 50.5 Å². The molecule has 600 valence electrons. The van der Waals surface area contributed by atoms with E-state index in [4.69, 9.17) is 0 Å². The van der Waals surface area contributed by atoms with E-state index in [1.165, 1.54) is 94.0 Å². The number of anilines is 15. The molecule has 0 N–H and O–H groups in total. The molecule has 20 rings (SSSR count). The van der Waals surface area contributed by atoms with E-state index in [1.807, 2.05) is 6.07 Å². The van der Waals surface area contributed by atoms with Gasteiger partial charge in [-0.3, -0.25) is 0 Å². The first-order chi connectivity index (χ1) is 61.7. The minimum atomic E-state index is 1.10. The lowest BCUT2D eigenvalue weighted by Gasteiger charge is -2.28. The van der Waals surface area contributed by atoms with Gasteiger partial charge in [0.2, 0.25) is 0 Å². The third-order valence-corrected chi connectivity index (χ3v) is 23.1. The van der Waals surface area contributed by atoms with Gasteiger partial charge in [0.05, 0.1) is 0 Å². The maximum absolute atomic E-state index is 2.35. The maximum atomic E-state index is 2.35. The van der Waals surface area contributed by atoms with Gasteiger partial charge in [-0.15, -0.1) is 0 Å². The highest BCUT2D eigenvalue weighted by atomic mass is 15.2. The van der Waals surface area contributed by atoms with Gasteiger partial charge in [0.15, 0.2) is 0 Å². The van der Waals surface area contributed by atoms with E-state index in [1.54, 1.807) is 0 Å². The highest BCUT2D eigenvalue weighted by Gasteiger charge is 2.21. The molecule has 20 aromatic carbocycles. The molecule has 0 atom stereocenters. The van der Waals surface area contributed by atoms with Crippen LogP contribution >= 0.6 is 0 Å². The zero-order valence-electron chi connectivity index (χ0n) is 70.3. The highest BCUT2D eigenvalue weighted by molar-refractivity contribution is 5.97. The van der Waals surface area contributed by atoms with Gasteiger partial charge in [0.1, 0.15) is 0 Å². The molecule has 0 bridgehead atoms. The van der Waals surface area contributed by atoms with E-state index < -0.39 is 0 Å². The van der Waals surface area contributed by atoms with Crippen LogP contribution in [0.25, 0.3) is 88.3 Å². The second-order valence-corrected chi connectivity index (χ2v) is 31.1. The molecule has 6 heteroatoms. The van der Waals surface area contributed by atoms with Crippen molar-refractivity contribution in [3.63, 3.8) is 0 Å². The Labute approximate surface area is 734 Å². The van der Waals surface area contributed by atoms with Crippen molar-refractivity contribution in [2.45, 2.75) is 0 Å². The molecule has 0 saturated carbocycles. The van der Waals surface area contributed by atoms with Gasteiger partial charge in [0, 0.05) is 112 Å². The molecular formula is C119H94N6. The van der Waals surface area contributed by atoms with Crippen molar-refractivity contribution in [1.82, 2.24) is 0 Å². The molecule has 0 aromatic heterocycles. The first-order valence-electron chi connectivity index (χ1n) is 42.6. The SMILES string of the molecule is CN(c1ccc(N(c2cccc(-c3ccccc3)c2)c2cccc(-c3ccccc3)c2)cc1)c1ccc2ccccc2c1.CN(c1ccc(N(c2cccc(-c3ccccc3)c2)c2cccc(-c3ccccc3)c2)cc1)c1cccc2ccccc12.CN(c1ccccc1)c1ccc(N(c2cccc(-c3ccccc3)c2)c2cccc(-c3ccccc3)c2)cc1. The van der Waals surface area contributed by atoms with Gasteiger partial charge in [-0.05, 0) is 259 Å². The van der Waals surface area contributed by atoms with Crippen LogP contribution in [0.4, 0.5) is 85.3 Å². The maximum Gasteiger partial charge on any atom is 0.0487 e. The fourth-order valence-electron chi connectivity index (χ4n) is 16.5. The Kier molecular flexibility index (Phi) is 24.3. The van der Waals surface area contributed by atoms with Gasteiger partial charge in [0.25, 0.3) is 0 Å². The molecule has 20 aromatic rings. The fraction of sp³-hybridized carbons (Fsp3) is 0.0252. The van der Waals surface area contributed by atoms with Crippen LogP contribution in [-0.2, 0) is 0 Å². The molecular weight excluding hydrogens is 1510 g/mol. The summed E-state index contributed by atoms with van der Waals surface area (Å²) in [6.07, 6.45) is 0. The third-order valence-electron chi connectivity index (χ3n) is 23.1. The van der Waals surface area contributed by atoms with Crippen molar-refractivity contribution in [3.8, 4) is 66.8 Å². The van der Waals surface area contributed by atoms with Crippen LogP contribution in [0, 0.1) is 0 Å². The van der Waals surface area contributed by atoms with Crippen molar-refractivity contribution in [3.05, 3.63) is 516 Å². The van der Waals surface area contributed by atoms with E-state index in [0.29, 0.717) is 0 Å². The molecule has 0 spiro atoms. The van der Waals surface area contributed by atoms with Crippen LogP contribution in [0.1, 0.15) is 0 Å². The highest BCUT2D eigenvalue weighted by Crippen LogP contribution is 2.45. The Morgan fingerprint density at radius 3 is 0.648 bits per heavy atom. The third kappa shape index (κ3) is 18.6. The quantitative estimate of drug-likeness (QED) is 0.0709. The Balaban J connectivity index is 0.000000128. The standard InChI is InChI=1S/2C41H32N2.C37H30N2/c1-42(41-24-12-18-33-17-8-9-23-40(33)41)36-25-27-37(28-26-36)43(38-21-10-19-34(29-38)31-13-4-2-5-14-31)39-22-11-20-35(30-39)32-15-6-3-7-16-32;1-42(39-23-22-33-16-8-9-17-34(33)28-39)37-24-26-38(27-25-37)43(40-20-10-18-35(29-40)31-12-4-2-5-13-31)41-21-11-19-36(30-41)32-14-6-3-7-15-32;1-38(33-19-9-4-10-20-33)34-23-25-35(26-24-34)39(36-21-11-17-31(27-36)29-13-5-2-6-14-29)37-22-12-18-32(28-37)30-15-7-3-8-16-30/h2*2-30H,1H3;2-28H,1H3. The number of hydrogen-bond acceptors (Lipinski definition) is 6. The van der Waals surface area contributed by atoms with Crippen LogP contribution in [-0.4, -0.2) is 21.1 Å². The number of nitrogens with zero attached hydrogens (tertiary/aromatic N) is 6. The van der Waals surface area contributed by atoms with Crippen LogP contribution < -0.4 is 29.4 Å². The molecule has 0 aliphatic carbocycles. The number of para-hydroxylation sites is 1. The predicted octanol–water partition coefficient (Wildman–Crippen LogP) is 33.1. The number of benzene rings is 20. The van der Waals surface area contributed by atoms with Crippen LogP contribution in [0.5, 0.6) is 0 Å². The minimum Gasteiger partial charge on any atom is -0.345 e. The van der Waals surface area contributed by atoms with Crippen LogP contribution in [0.15, 0.2) is 516 Å². The average molecular weight is 1610 g/mol. The van der Waals surface area contributed by atoms with Crippen molar-refractivity contribution in [1.29, 1.82) is 0 Å². The number of rotatable bonds is 21. The largest absolute Gasteiger partial charge is 0.345 e. The van der Waals surface area contributed by atoms with Gasteiger partial charge in [-0.2, -0.15) is 0 Å². The zero-order valence-corrected chi connectivity index (χ0v) is 70.3. The Hall–Kier alpha value is -16.3. The van der Waals surface area contributed by atoms with E-state index in [0.717, 1.165) is 79.6 Å². The minimum absolute atomic E-state index is 1.10. The van der Waals surface area contributed by atoms with Crippen molar-refractivity contribution < 1.29 is 0 Å². The Morgan fingerprint density at radius 2 is 0.328 bits per heavy atom. The molecule has 0 aliphatic heterocycles. The van der Waals surface area contributed by atoms with E-state index in [-0.39, 0.29) is 0 Å². The van der Waals surface area contributed by atoms with Gasteiger partial charge in [-0.1, -0.05) is 340 Å². The second kappa shape index (κ2) is 38.0. The van der Waals surface area contributed by atoms with E-state index >= 15 is 0 Å². The average Bonchev–Trinajstić information content (AvgIpc) is 0.795. The summed E-state index contributed by atoms with van der Waals surface area (Å²) in [6, 6.07) is 183. The lowest BCUT2D eigenvalue weighted by molar-refractivity contribution is 1.20. The lowest BCUT2D eigenvalue weighted by Crippen LogP contribution is -2.12. The summed E-state index contributed by atoms with van der Waals surface area (Å²) in [7, 11) is 6.37. The van der Waals surface area contributed by atoms with Gasteiger partial charge >= 0.3 is 0 Å². The molecule has 0 aliphatic rings. The molecule has 0 heterocycles. The summed E-state index contributed by atoms with van der Waals surface area (Å²) in [5.74, 6) is 0. The van der Waals surface area contributed by atoms with Crippen LogP contribution in [0.3, 0.4) is 0 Å². The van der Waals surface area contributed by atoms with E-state index in [9.17, 15) is 0 Å². The molecule has 0 saturated heterocycles. The second-order valence-electron chi connectivity index (χ2n) is 31.1. The number of hydrogen-bond donors (Lipinski definition) is 0. The summed E-state index contributed by atoms with van der Waals surface area (Å²) >= 11 is 0. The zero-order chi connectivity index (χ0) is 84.5. The molecule has 6 nitrogen and oxygen atoms in total.